The van der Waals surface area contributed by atoms with Gasteiger partial charge in [0.05, 0.1) is 0 Å². The second kappa shape index (κ2) is 4.98. The number of nitro benzene ring substituents is 2. The molecule has 1 N–H and O–H groups in total. The number of phenols is 1. The summed E-state index contributed by atoms with van der Waals surface area (Å²) < 4.78 is 4.33. The maximum absolute atomic E-state index is 11.1. The van der Waals surface area contributed by atoms with Crippen molar-refractivity contribution >= 4 is 43.3 Å². The van der Waals surface area contributed by atoms with Gasteiger partial charge in [-0.3, -0.25) is 0 Å². The van der Waals surface area contributed by atoms with Gasteiger partial charge < -0.3 is 0 Å². The van der Waals surface area contributed by atoms with Crippen LogP contribution < -0.4 is 0 Å². The van der Waals surface area contributed by atoms with E-state index in [2.05, 4.69) is 2.79 Å². The van der Waals surface area contributed by atoms with E-state index in [0.29, 0.717) is 12.1 Å². The molecule has 0 bridgehead atoms. The van der Waals surface area contributed by atoms with Crippen LogP contribution in [0, 0.1) is 25.1 Å². The van der Waals surface area contributed by atoms with Gasteiger partial charge in [0.1, 0.15) is 0 Å². The third kappa shape index (κ3) is 2.63. The molecule has 11 heteroatoms. The molecule has 86 valence electrons. The van der Waals surface area contributed by atoms with Gasteiger partial charge >= 0.3 is 109 Å². The molecule has 0 amide bonds. The summed E-state index contributed by atoms with van der Waals surface area (Å²) >= 11 is -0.241. The molecule has 0 aromatic heterocycles. The van der Waals surface area contributed by atoms with Gasteiger partial charge in [0.25, 0.3) is 0 Å². The Kier molecular flexibility index (Phi) is 3.87. The zero-order valence-corrected chi connectivity index (χ0v) is 12.5. The number of aromatic hydroxyl groups is 1. The van der Waals surface area contributed by atoms with E-state index in [1.807, 2.05) is 0 Å². The number of non-ortho nitro benzene ring substituents is 1. The Labute approximate surface area is 109 Å². The zero-order valence-electron chi connectivity index (χ0n) is 7.97. The minimum atomic E-state index is -1.03. The Balaban J connectivity index is 3.54. The Bertz CT molecular complexity index is 517. The molecule has 0 aliphatic heterocycles. The summed E-state index contributed by atoms with van der Waals surface area (Å²) in [4.78, 5) is 30.0. The number of benzene rings is 1. The van der Waals surface area contributed by atoms with Crippen molar-refractivity contribution < 1.29 is 22.7 Å². The molecule has 0 aliphatic rings. The molecule has 1 aromatic carbocycles. The third-order valence-electron chi connectivity index (χ3n) is 1.75. The molecule has 10 nitrogen and oxygen atoms in total. The van der Waals surface area contributed by atoms with Gasteiger partial charge in [0.15, 0.2) is 0 Å². The van der Waals surface area contributed by atoms with Gasteiger partial charge in [0, 0.05) is 0 Å². The van der Waals surface area contributed by atoms with E-state index in [0.717, 1.165) is 0 Å². The van der Waals surface area contributed by atoms with E-state index in [1.54, 1.807) is 0 Å². The molecule has 0 saturated carbocycles. The number of hydrogen-bond acceptors (Lipinski definition) is 7. The van der Waals surface area contributed by atoms with Crippen molar-refractivity contribution in [2.75, 3.05) is 0 Å². The van der Waals surface area contributed by atoms with Gasteiger partial charge in [-0.15, -0.1) is 0 Å². The van der Waals surface area contributed by atoms with E-state index in [9.17, 15) is 30.2 Å². The van der Waals surface area contributed by atoms with Gasteiger partial charge in [0.2, 0.25) is 0 Å². The third-order valence-corrected chi connectivity index (χ3v) is 2.50. The summed E-state index contributed by atoms with van der Waals surface area (Å²) in [7, 11) is 0. The summed E-state index contributed by atoms with van der Waals surface area (Å²) in [6.07, 6.45) is 0. The Hall–Kier alpha value is -1.86. The summed E-state index contributed by atoms with van der Waals surface area (Å²) in [6, 6.07) is 1.25. The van der Waals surface area contributed by atoms with Crippen molar-refractivity contribution in [2.24, 2.45) is 0 Å². The van der Waals surface area contributed by atoms with Crippen molar-refractivity contribution in [3.8, 4) is 5.75 Å². The van der Waals surface area contributed by atoms with Crippen LogP contribution in [0.4, 0.5) is 17.1 Å². The molecule has 17 heavy (non-hydrogen) atoms. The normalized spacial score (nSPS) is 9.59. The minimum absolute atomic E-state index is 0.194. The van der Waals surface area contributed by atoms with Crippen molar-refractivity contribution in [1.29, 1.82) is 0 Å². The number of phenolic OH excluding ortho intramolecular Hbond substituents is 1. The van der Waals surface area contributed by atoms with Gasteiger partial charge in [-0.2, -0.15) is 0 Å². The summed E-state index contributed by atoms with van der Waals surface area (Å²) in [5.41, 5.74) is -2.29. The molecule has 0 fully saturated rings. The fourth-order valence-corrected chi connectivity index (χ4v) is 1.47. The first kappa shape index (κ1) is 13.2. The summed E-state index contributed by atoms with van der Waals surface area (Å²) in [5.74, 6) is -0.976. The standard InChI is InChI=1S/C6H3N3O7.Tl/c10-6-4(8(13)14)1-3(7(11)12)2-5(6)9(15)16;/h1-2,10H;/q;+1. The van der Waals surface area contributed by atoms with Crippen molar-refractivity contribution in [3.05, 3.63) is 37.3 Å². The Morgan fingerprint density at radius 1 is 1.12 bits per heavy atom. The predicted molar refractivity (Wildman–Crippen MR) is 51.5 cm³/mol. The van der Waals surface area contributed by atoms with Gasteiger partial charge in [-0.1, -0.05) is 0 Å². The van der Waals surface area contributed by atoms with Crippen molar-refractivity contribution in [3.63, 3.8) is 0 Å². The van der Waals surface area contributed by atoms with E-state index in [-0.39, 0.29) is 31.1 Å². The fraction of sp³-hybridized carbons (Fsp3) is 0. The molecule has 0 saturated heterocycles. The quantitative estimate of drug-likeness (QED) is 0.418. The van der Waals surface area contributed by atoms with Crippen LogP contribution in [0.3, 0.4) is 0 Å². The molecule has 0 heterocycles. The first-order valence-electron chi connectivity index (χ1n) is 3.88. The van der Waals surface area contributed by atoms with E-state index in [1.165, 1.54) is 0 Å². The second-order valence-electron chi connectivity index (χ2n) is 2.71. The summed E-state index contributed by atoms with van der Waals surface area (Å²) in [6.45, 7) is 0. The molecule has 1 rings (SSSR count). The average Bonchev–Trinajstić information content (AvgIpc) is 2.27. The van der Waals surface area contributed by atoms with Crippen LogP contribution in [0.15, 0.2) is 12.1 Å². The number of rotatable bonds is 4. The molecule has 0 atom stereocenters. The van der Waals surface area contributed by atoms with Crippen molar-refractivity contribution in [1.82, 2.24) is 0 Å². The topological polar surface area (TPSA) is 136 Å². The molecule has 1 aromatic rings. The summed E-state index contributed by atoms with van der Waals surface area (Å²) in [5, 5.41) is 30.4. The number of hydrogen-bond donors (Lipinski definition) is 1. The monoisotopic (exact) mass is 434 g/mol. The first-order chi connectivity index (χ1) is 7.88. The van der Waals surface area contributed by atoms with Crippen LogP contribution >= 0.6 is 0 Å². The first-order valence-corrected chi connectivity index (χ1v) is 5.71. The van der Waals surface area contributed by atoms with E-state index < -0.39 is 32.7 Å². The van der Waals surface area contributed by atoms with Crippen LogP contribution in [-0.4, -0.2) is 46.1 Å². The molecular formula is C6H3N3O7Tl+. The number of nitro groups is 2. The van der Waals surface area contributed by atoms with Crippen LogP contribution in [0.25, 0.3) is 0 Å². The average molecular weight is 433 g/mol. The SMILES string of the molecule is O=[N+]([O-])c1cc([N+](=O)[O-])c(O)c([N+](=O)[O][Tl])c1. The van der Waals surface area contributed by atoms with Crippen LogP contribution in [0.5, 0.6) is 5.75 Å². The van der Waals surface area contributed by atoms with E-state index in [4.69, 9.17) is 0 Å². The van der Waals surface area contributed by atoms with Gasteiger partial charge in [-0.05, 0) is 0 Å². The Morgan fingerprint density at radius 3 is 2.06 bits per heavy atom. The van der Waals surface area contributed by atoms with Crippen LogP contribution in [-0.2, 0) is 2.79 Å². The zero-order chi connectivity index (χ0) is 13.2. The second-order valence-corrected chi connectivity index (χ2v) is 3.53. The number of nitrogens with zero attached hydrogens (tertiary/aromatic N) is 3. The predicted octanol–water partition coefficient (Wildman–Crippen LogP) is 0.634. The van der Waals surface area contributed by atoms with Crippen LogP contribution in [0.1, 0.15) is 0 Å². The van der Waals surface area contributed by atoms with E-state index >= 15 is 0 Å². The fourth-order valence-electron chi connectivity index (χ4n) is 1.03. The maximum atomic E-state index is 11.1. The van der Waals surface area contributed by atoms with Crippen LogP contribution in [0.2, 0.25) is 0 Å². The Morgan fingerprint density at radius 2 is 1.65 bits per heavy atom. The molecule has 0 radical (unpaired) electrons. The molecule has 0 unspecified atom stereocenters. The van der Waals surface area contributed by atoms with Crippen molar-refractivity contribution in [2.45, 2.75) is 0 Å². The van der Waals surface area contributed by atoms with Gasteiger partial charge in [-0.25, -0.2) is 0 Å². The molecule has 0 spiro atoms. The molecular weight excluding hydrogens is 430 g/mol. The molecule has 0 aliphatic carbocycles.